The Hall–Kier alpha value is -1.32. The number of aromatic nitrogens is 2. The summed E-state index contributed by atoms with van der Waals surface area (Å²) < 4.78 is 0. The summed E-state index contributed by atoms with van der Waals surface area (Å²) in [5.74, 6) is 1.28. The monoisotopic (exact) mass is 220 g/mol. The third-order valence-electron chi connectivity index (χ3n) is 3.37. The molecule has 0 aliphatic heterocycles. The lowest BCUT2D eigenvalue weighted by Gasteiger charge is -2.23. The molecule has 1 aliphatic carbocycles. The molecule has 4 heteroatoms. The quantitative estimate of drug-likeness (QED) is 0.803. The van der Waals surface area contributed by atoms with Gasteiger partial charge in [0, 0.05) is 17.3 Å². The van der Waals surface area contributed by atoms with Gasteiger partial charge in [0.05, 0.1) is 0 Å². The van der Waals surface area contributed by atoms with Crippen LogP contribution in [0.25, 0.3) is 0 Å². The molecule has 0 saturated heterocycles. The second-order valence-corrected chi connectivity index (χ2v) is 4.62. The Morgan fingerprint density at radius 1 is 1.12 bits per heavy atom. The SMILES string of the molecule is Cc1nc(NC2CCCCC2)nc(N)c1C. The first-order valence-electron chi connectivity index (χ1n) is 6.04. The van der Waals surface area contributed by atoms with Crippen LogP contribution in [0.3, 0.4) is 0 Å². The fraction of sp³-hybridized carbons (Fsp3) is 0.667. The Morgan fingerprint density at radius 3 is 2.44 bits per heavy atom. The van der Waals surface area contributed by atoms with Crippen molar-refractivity contribution in [2.75, 3.05) is 11.1 Å². The summed E-state index contributed by atoms with van der Waals surface area (Å²) in [6, 6.07) is 0.523. The Balaban J connectivity index is 2.09. The zero-order chi connectivity index (χ0) is 11.5. The predicted octanol–water partition coefficient (Wildman–Crippen LogP) is 2.42. The molecule has 0 amide bonds. The van der Waals surface area contributed by atoms with Crippen LogP contribution in [0.1, 0.15) is 43.4 Å². The maximum absolute atomic E-state index is 5.84. The molecule has 1 heterocycles. The van der Waals surface area contributed by atoms with Gasteiger partial charge in [-0.25, -0.2) is 4.98 Å². The standard InChI is InChI=1S/C12H20N4/c1-8-9(2)14-12(16-11(8)13)15-10-6-4-3-5-7-10/h10H,3-7H2,1-2H3,(H3,13,14,15,16). The van der Waals surface area contributed by atoms with Gasteiger partial charge < -0.3 is 11.1 Å². The smallest absolute Gasteiger partial charge is 0.225 e. The van der Waals surface area contributed by atoms with Crippen molar-refractivity contribution in [3.8, 4) is 0 Å². The van der Waals surface area contributed by atoms with E-state index in [2.05, 4.69) is 15.3 Å². The molecule has 0 radical (unpaired) electrons. The molecule has 4 nitrogen and oxygen atoms in total. The normalized spacial score (nSPS) is 17.4. The lowest BCUT2D eigenvalue weighted by Crippen LogP contribution is -2.24. The summed E-state index contributed by atoms with van der Waals surface area (Å²) in [7, 11) is 0. The van der Waals surface area contributed by atoms with E-state index in [1.54, 1.807) is 0 Å². The number of aryl methyl sites for hydroxylation is 1. The van der Waals surface area contributed by atoms with Crippen molar-refractivity contribution in [2.45, 2.75) is 52.0 Å². The van der Waals surface area contributed by atoms with E-state index in [1.165, 1.54) is 32.1 Å². The third-order valence-corrected chi connectivity index (χ3v) is 3.37. The topological polar surface area (TPSA) is 63.8 Å². The number of hydrogen-bond donors (Lipinski definition) is 2. The summed E-state index contributed by atoms with van der Waals surface area (Å²) in [6.07, 6.45) is 6.40. The highest BCUT2D eigenvalue weighted by Gasteiger charge is 2.14. The number of anilines is 2. The van der Waals surface area contributed by atoms with Crippen LogP contribution < -0.4 is 11.1 Å². The zero-order valence-electron chi connectivity index (χ0n) is 10.1. The maximum Gasteiger partial charge on any atom is 0.225 e. The lowest BCUT2D eigenvalue weighted by molar-refractivity contribution is 0.461. The van der Waals surface area contributed by atoms with E-state index in [-0.39, 0.29) is 0 Å². The van der Waals surface area contributed by atoms with E-state index in [0.717, 1.165) is 11.3 Å². The summed E-state index contributed by atoms with van der Waals surface area (Å²) in [4.78, 5) is 8.71. The Morgan fingerprint density at radius 2 is 1.81 bits per heavy atom. The van der Waals surface area contributed by atoms with Gasteiger partial charge in [-0.3, -0.25) is 0 Å². The number of rotatable bonds is 2. The van der Waals surface area contributed by atoms with Gasteiger partial charge in [-0.15, -0.1) is 0 Å². The number of nitrogens with two attached hydrogens (primary N) is 1. The van der Waals surface area contributed by atoms with Crippen LogP contribution >= 0.6 is 0 Å². The van der Waals surface area contributed by atoms with Crippen molar-refractivity contribution in [1.29, 1.82) is 0 Å². The molecule has 3 N–H and O–H groups in total. The van der Waals surface area contributed by atoms with Crippen LogP contribution in [0.2, 0.25) is 0 Å². The highest BCUT2D eigenvalue weighted by molar-refractivity contribution is 5.46. The second kappa shape index (κ2) is 4.68. The van der Waals surface area contributed by atoms with Gasteiger partial charge >= 0.3 is 0 Å². The average Bonchev–Trinajstić information content (AvgIpc) is 2.27. The van der Waals surface area contributed by atoms with Crippen molar-refractivity contribution in [2.24, 2.45) is 0 Å². The van der Waals surface area contributed by atoms with Crippen molar-refractivity contribution in [3.63, 3.8) is 0 Å². The molecule has 0 atom stereocenters. The average molecular weight is 220 g/mol. The summed E-state index contributed by atoms with van der Waals surface area (Å²) in [6.45, 7) is 3.93. The van der Waals surface area contributed by atoms with Gasteiger partial charge in [-0.1, -0.05) is 19.3 Å². The van der Waals surface area contributed by atoms with Gasteiger partial charge in [0.1, 0.15) is 5.82 Å². The number of nitrogens with one attached hydrogen (secondary N) is 1. The van der Waals surface area contributed by atoms with Gasteiger partial charge in [-0.2, -0.15) is 4.98 Å². The van der Waals surface area contributed by atoms with E-state index < -0.39 is 0 Å². The van der Waals surface area contributed by atoms with Crippen LogP contribution in [-0.2, 0) is 0 Å². The van der Waals surface area contributed by atoms with Gasteiger partial charge in [-0.05, 0) is 26.7 Å². The van der Waals surface area contributed by atoms with Crippen molar-refractivity contribution in [3.05, 3.63) is 11.3 Å². The van der Waals surface area contributed by atoms with E-state index >= 15 is 0 Å². The first kappa shape index (κ1) is 11.2. The number of nitrogens with zero attached hydrogens (tertiary/aromatic N) is 2. The van der Waals surface area contributed by atoms with Crippen molar-refractivity contribution < 1.29 is 0 Å². The molecule has 0 unspecified atom stereocenters. The highest BCUT2D eigenvalue weighted by Crippen LogP contribution is 2.21. The second-order valence-electron chi connectivity index (χ2n) is 4.62. The van der Waals surface area contributed by atoms with Gasteiger partial charge in [0.2, 0.25) is 5.95 Å². The van der Waals surface area contributed by atoms with E-state index in [4.69, 9.17) is 5.73 Å². The van der Waals surface area contributed by atoms with Crippen LogP contribution in [0, 0.1) is 13.8 Å². The third kappa shape index (κ3) is 2.43. The number of hydrogen-bond acceptors (Lipinski definition) is 4. The molecular weight excluding hydrogens is 200 g/mol. The fourth-order valence-electron chi connectivity index (χ4n) is 2.15. The fourth-order valence-corrected chi connectivity index (χ4v) is 2.15. The summed E-state index contributed by atoms with van der Waals surface area (Å²) in [5.41, 5.74) is 7.78. The van der Waals surface area contributed by atoms with Gasteiger partial charge in [0.25, 0.3) is 0 Å². The minimum atomic E-state index is 0.523. The van der Waals surface area contributed by atoms with Crippen molar-refractivity contribution in [1.82, 2.24) is 9.97 Å². The van der Waals surface area contributed by atoms with Crippen LogP contribution in [0.15, 0.2) is 0 Å². The molecule has 1 saturated carbocycles. The first-order chi connectivity index (χ1) is 7.66. The molecule has 0 aromatic carbocycles. The van der Waals surface area contributed by atoms with E-state index in [1.807, 2.05) is 13.8 Å². The van der Waals surface area contributed by atoms with Gasteiger partial charge in [0.15, 0.2) is 0 Å². The lowest BCUT2D eigenvalue weighted by atomic mass is 9.96. The molecule has 1 aromatic rings. The molecule has 0 bridgehead atoms. The zero-order valence-corrected chi connectivity index (χ0v) is 10.1. The largest absolute Gasteiger partial charge is 0.383 e. The Labute approximate surface area is 96.7 Å². The highest BCUT2D eigenvalue weighted by atomic mass is 15.1. The summed E-state index contributed by atoms with van der Waals surface area (Å²) in [5, 5.41) is 3.39. The molecule has 88 valence electrons. The summed E-state index contributed by atoms with van der Waals surface area (Å²) >= 11 is 0. The minimum absolute atomic E-state index is 0.523. The molecule has 1 aliphatic rings. The molecule has 16 heavy (non-hydrogen) atoms. The van der Waals surface area contributed by atoms with Crippen LogP contribution in [-0.4, -0.2) is 16.0 Å². The molecule has 2 rings (SSSR count). The molecule has 0 spiro atoms. The minimum Gasteiger partial charge on any atom is -0.383 e. The maximum atomic E-state index is 5.84. The van der Waals surface area contributed by atoms with Crippen molar-refractivity contribution >= 4 is 11.8 Å². The van der Waals surface area contributed by atoms with Crippen LogP contribution in [0.4, 0.5) is 11.8 Å². The Bertz CT molecular complexity index is 346. The first-order valence-corrected chi connectivity index (χ1v) is 6.04. The van der Waals surface area contributed by atoms with E-state index in [0.29, 0.717) is 17.8 Å². The molecule has 1 aromatic heterocycles. The predicted molar refractivity (Wildman–Crippen MR) is 66.4 cm³/mol. The molecule has 1 fully saturated rings. The molecular formula is C12H20N4. The van der Waals surface area contributed by atoms with E-state index in [9.17, 15) is 0 Å². The van der Waals surface area contributed by atoms with Crippen LogP contribution in [0.5, 0.6) is 0 Å². The number of nitrogen functional groups attached to an aromatic ring is 1. The Kier molecular flexibility index (Phi) is 3.27.